The Morgan fingerprint density at radius 2 is 2.00 bits per heavy atom. The minimum atomic E-state index is -0.220. The van der Waals surface area contributed by atoms with Crippen molar-refractivity contribution in [1.82, 2.24) is 15.0 Å². The predicted molar refractivity (Wildman–Crippen MR) is 98.1 cm³/mol. The summed E-state index contributed by atoms with van der Waals surface area (Å²) in [6, 6.07) is 9.37. The molecule has 1 amide bonds. The first-order chi connectivity index (χ1) is 11.6. The van der Waals surface area contributed by atoms with Gasteiger partial charge in [0.05, 0.1) is 5.92 Å². The molecule has 0 bridgehead atoms. The molecule has 1 aromatic carbocycles. The van der Waals surface area contributed by atoms with Crippen LogP contribution in [0.4, 0.5) is 0 Å². The van der Waals surface area contributed by atoms with Crippen molar-refractivity contribution < 1.29 is 9.32 Å². The van der Waals surface area contributed by atoms with Gasteiger partial charge in [0.2, 0.25) is 17.6 Å². The van der Waals surface area contributed by atoms with Gasteiger partial charge in [-0.05, 0) is 26.2 Å². The quantitative estimate of drug-likeness (QED) is 0.900. The van der Waals surface area contributed by atoms with E-state index in [1.165, 1.54) is 0 Å². The first-order valence-corrected chi connectivity index (χ1v) is 8.53. The summed E-state index contributed by atoms with van der Waals surface area (Å²) in [5, 5.41) is 4.09. The zero-order valence-corrected chi connectivity index (χ0v) is 15.4. The molecular weight excluding hydrogens is 340 g/mol. The van der Waals surface area contributed by atoms with Crippen molar-refractivity contribution in [1.29, 1.82) is 0 Å². The van der Waals surface area contributed by atoms with E-state index >= 15 is 0 Å². The molecule has 0 aliphatic carbocycles. The lowest BCUT2D eigenvalue weighted by Gasteiger charge is -2.35. The first kappa shape index (κ1) is 19.4. The van der Waals surface area contributed by atoms with Crippen LogP contribution in [0.15, 0.2) is 34.9 Å². The molecule has 136 valence electrons. The third kappa shape index (κ3) is 4.19. The zero-order valence-electron chi connectivity index (χ0n) is 14.6. The molecule has 1 saturated heterocycles. The molecule has 0 radical (unpaired) electrons. The standard InChI is InChI=1S/C18H24N4O2.ClH/c1-12(13(2)19)18(23)22-11-7-6-10-15(22)17-20-16(21-24-17)14-8-4-3-5-9-14;/h3-5,8-9,12-13,15H,6-7,10-11,19H2,1-2H3;1H. The van der Waals surface area contributed by atoms with Gasteiger partial charge in [-0.25, -0.2) is 0 Å². The van der Waals surface area contributed by atoms with Gasteiger partial charge in [-0.3, -0.25) is 4.79 Å². The van der Waals surface area contributed by atoms with Crippen LogP contribution in [-0.2, 0) is 4.79 Å². The van der Waals surface area contributed by atoms with E-state index in [2.05, 4.69) is 10.1 Å². The molecule has 1 fully saturated rings. The maximum absolute atomic E-state index is 12.8. The van der Waals surface area contributed by atoms with Crippen molar-refractivity contribution in [3.63, 3.8) is 0 Å². The van der Waals surface area contributed by atoms with Crippen molar-refractivity contribution in [2.45, 2.75) is 45.2 Å². The van der Waals surface area contributed by atoms with E-state index in [-0.39, 0.29) is 36.3 Å². The molecule has 1 aliphatic rings. The first-order valence-electron chi connectivity index (χ1n) is 8.53. The largest absolute Gasteiger partial charge is 0.337 e. The van der Waals surface area contributed by atoms with Crippen molar-refractivity contribution >= 4 is 18.3 Å². The average Bonchev–Trinajstić information content (AvgIpc) is 3.11. The average molecular weight is 365 g/mol. The number of rotatable bonds is 4. The Hall–Kier alpha value is -1.92. The van der Waals surface area contributed by atoms with E-state index in [9.17, 15) is 4.79 Å². The third-order valence-corrected chi connectivity index (χ3v) is 4.72. The van der Waals surface area contributed by atoms with Gasteiger partial charge < -0.3 is 15.2 Å². The number of carbonyl (C=O) groups excluding carboxylic acids is 1. The van der Waals surface area contributed by atoms with Gasteiger partial charge in [-0.1, -0.05) is 42.4 Å². The lowest BCUT2D eigenvalue weighted by Crippen LogP contribution is -2.45. The van der Waals surface area contributed by atoms with Crippen LogP contribution in [0, 0.1) is 5.92 Å². The maximum atomic E-state index is 12.8. The molecule has 3 atom stereocenters. The number of piperidine rings is 1. The molecule has 2 heterocycles. The van der Waals surface area contributed by atoms with Gasteiger partial charge in [0.25, 0.3) is 0 Å². The molecular formula is C18H25ClN4O2. The van der Waals surface area contributed by atoms with Crippen molar-refractivity contribution in [2.24, 2.45) is 11.7 Å². The van der Waals surface area contributed by atoms with E-state index in [4.69, 9.17) is 10.3 Å². The number of carbonyl (C=O) groups is 1. The summed E-state index contributed by atoms with van der Waals surface area (Å²) < 4.78 is 5.49. The Labute approximate surface area is 154 Å². The number of halogens is 1. The highest BCUT2D eigenvalue weighted by Crippen LogP contribution is 2.32. The highest BCUT2D eigenvalue weighted by molar-refractivity contribution is 5.85. The Morgan fingerprint density at radius 3 is 2.68 bits per heavy atom. The molecule has 1 aliphatic heterocycles. The SMILES string of the molecule is CC(N)C(C)C(=O)N1CCCCC1c1nc(-c2ccccc2)no1.Cl. The maximum Gasteiger partial charge on any atom is 0.249 e. The normalized spacial score (nSPS) is 19.8. The molecule has 25 heavy (non-hydrogen) atoms. The Balaban J connectivity index is 0.00000225. The Morgan fingerprint density at radius 1 is 1.28 bits per heavy atom. The number of benzene rings is 1. The van der Waals surface area contributed by atoms with Gasteiger partial charge in [0.15, 0.2) is 0 Å². The summed E-state index contributed by atoms with van der Waals surface area (Å²) in [6.45, 7) is 4.45. The molecule has 3 unspecified atom stereocenters. The molecule has 2 aromatic rings. The summed E-state index contributed by atoms with van der Waals surface area (Å²) >= 11 is 0. The molecule has 7 heteroatoms. The van der Waals surface area contributed by atoms with Crippen molar-refractivity contribution in [3.05, 3.63) is 36.2 Å². The minimum absolute atomic E-state index is 0. The number of nitrogens with two attached hydrogens (primary N) is 1. The van der Waals surface area contributed by atoms with Crippen LogP contribution in [-0.4, -0.2) is 33.5 Å². The molecule has 0 spiro atoms. The molecule has 6 nitrogen and oxygen atoms in total. The van der Waals surface area contributed by atoms with Gasteiger partial charge in [0, 0.05) is 18.2 Å². The van der Waals surface area contributed by atoms with Crippen LogP contribution in [0.1, 0.15) is 45.0 Å². The number of hydrogen-bond acceptors (Lipinski definition) is 5. The lowest BCUT2D eigenvalue weighted by atomic mass is 9.97. The molecule has 3 rings (SSSR count). The van der Waals surface area contributed by atoms with Crippen LogP contribution in [0.5, 0.6) is 0 Å². The fourth-order valence-corrected chi connectivity index (χ4v) is 3.01. The monoisotopic (exact) mass is 364 g/mol. The highest BCUT2D eigenvalue weighted by Gasteiger charge is 2.35. The summed E-state index contributed by atoms with van der Waals surface area (Å²) in [4.78, 5) is 19.2. The fourth-order valence-electron chi connectivity index (χ4n) is 3.01. The van der Waals surface area contributed by atoms with Gasteiger partial charge >= 0.3 is 0 Å². The second kappa shape index (κ2) is 8.45. The van der Waals surface area contributed by atoms with Crippen molar-refractivity contribution in [3.8, 4) is 11.4 Å². The second-order valence-electron chi connectivity index (χ2n) is 6.51. The van der Waals surface area contributed by atoms with Gasteiger partial charge in [0.1, 0.15) is 6.04 Å². The number of aromatic nitrogens is 2. The van der Waals surface area contributed by atoms with Crippen LogP contribution in [0.25, 0.3) is 11.4 Å². The van der Waals surface area contributed by atoms with E-state index in [1.807, 2.05) is 49.1 Å². The smallest absolute Gasteiger partial charge is 0.249 e. The third-order valence-electron chi connectivity index (χ3n) is 4.72. The van der Waals surface area contributed by atoms with Gasteiger partial charge in [-0.2, -0.15) is 4.98 Å². The molecule has 2 N–H and O–H groups in total. The number of nitrogens with zero attached hydrogens (tertiary/aromatic N) is 3. The zero-order chi connectivity index (χ0) is 17.1. The Bertz CT molecular complexity index is 689. The molecule has 1 aromatic heterocycles. The number of likely N-dealkylation sites (tertiary alicyclic amines) is 1. The topological polar surface area (TPSA) is 85.3 Å². The van der Waals surface area contributed by atoms with Crippen molar-refractivity contribution in [2.75, 3.05) is 6.54 Å². The summed E-state index contributed by atoms with van der Waals surface area (Å²) in [5.41, 5.74) is 6.82. The fraction of sp³-hybridized carbons (Fsp3) is 0.500. The summed E-state index contributed by atoms with van der Waals surface area (Å²) in [7, 11) is 0. The predicted octanol–water partition coefficient (Wildman–Crippen LogP) is 3.20. The van der Waals surface area contributed by atoms with E-state index < -0.39 is 0 Å². The van der Waals surface area contributed by atoms with E-state index in [0.717, 1.165) is 24.8 Å². The second-order valence-corrected chi connectivity index (χ2v) is 6.51. The number of hydrogen-bond donors (Lipinski definition) is 1. The number of amides is 1. The van der Waals surface area contributed by atoms with Crippen LogP contribution in [0.3, 0.4) is 0 Å². The van der Waals surface area contributed by atoms with Crippen LogP contribution in [0.2, 0.25) is 0 Å². The van der Waals surface area contributed by atoms with E-state index in [1.54, 1.807) is 0 Å². The summed E-state index contributed by atoms with van der Waals surface area (Å²) in [5.74, 6) is 0.916. The van der Waals surface area contributed by atoms with Crippen LogP contribution >= 0.6 is 12.4 Å². The van der Waals surface area contributed by atoms with Crippen LogP contribution < -0.4 is 5.73 Å². The Kier molecular flexibility index (Phi) is 6.56. The lowest BCUT2D eigenvalue weighted by molar-refractivity contribution is -0.140. The summed E-state index contributed by atoms with van der Waals surface area (Å²) in [6.07, 6.45) is 2.88. The van der Waals surface area contributed by atoms with E-state index in [0.29, 0.717) is 18.3 Å². The van der Waals surface area contributed by atoms with Gasteiger partial charge in [-0.15, -0.1) is 12.4 Å². The minimum Gasteiger partial charge on any atom is -0.337 e. The molecule has 0 saturated carbocycles. The highest BCUT2D eigenvalue weighted by atomic mass is 35.5.